The zero-order chi connectivity index (χ0) is 12.0. The van der Waals surface area contributed by atoms with E-state index in [2.05, 4.69) is 36.0 Å². The van der Waals surface area contributed by atoms with Gasteiger partial charge in [-0.3, -0.25) is 0 Å². The van der Waals surface area contributed by atoms with Gasteiger partial charge in [0.2, 0.25) is 5.95 Å². The highest BCUT2D eigenvalue weighted by molar-refractivity contribution is 9.09. The number of aryl methyl sites for hydroxylation is 2. The van der Waals surface area contributed by atoms with Crippen LogP contribution in [0.1, 0.15) is 30.7 Å². The van der Waals surface area contributed by atoms with Crippen molar-refractivity contribution in [3.8, 4) is 0 Å². The second-order valence-corrected chi connectivity index (χ2v) is 4.75. The summed E-state index contributed by atoms with van der Waals surface area (Å²) in [6.45, 7) is 4.87. The first-order chi connectivity index (χ1) is 7.65. The fraction of sp³-hybridized carbons (Fsp3) is 0.727. The van der Waals surface area contributed by atoms with Crippen molar-refractivity contribution in [1.82, 2.24) is 15.2 Å². The zero-order valence-corrected chi connectivity index (χ0v) is 11.8. The Morgan fingerprint density at radius 2 is 1.81 bits per heavy atom. The molecule has 1 aromatic rings. The Morgan fingerprint density at radius 1 is 1.06 bits per heavy atom. The third-order valence-electron chi connectivity index (χ3n) is 2.55. The molecule has 0 aliphatic rings. The summed E-state index contributed by atoms with van der Waals surface area (Å²) >= 11 is 3.43. The van der Waals surface area contributed by atoms with Gasteiger partial charge in [0.05, 0.1) is 11.4 Å². The maximum absolute atomic E-state index is 4.41. The molecule has 0 atom stereocenters. The van der Waals surface area contributed by atoms with Gasteiger partial charge in [-0.25, -0.2) is 4.98 Å². The Bertz CT molecular complexity index is 330. The molecule has 0 radical (unpaired) electrons. The highest BCUT2D eigenvalue weighted by Gasteiger charge is 2.06. The van der Waals surface area contributed by atoms with Crippen molar-refractivity contribution >= 4 is 21.9 Å². The summed E-state index contributed by atoms with van der Waals surface area (Å²) in [4.78, 5) is 6.48. The van der Waals surface area contributed by atoms with Crippen LogP contribution in [0.15, 0.2) is 0 Å². The molecule has 0 fully saturated rings. The number of hydrogen-bond donors (Lipinski definition) is 0. The molecule has 0 N–H and O–H groups in total. The molecule has 16 heavy (non-hydrogen) atoms. The monoisotopic (exact) mass is 286 g/mol. The van der Waals surface area contributed by atoms with E-state index in [0.29, 0.717) is 0 Å². The smallest absolute Gasteiger partial charge is 0.245 e. The van der Waals surface area contributed by atoms with Crippen molar-refractivity contribution in [2.24, 2.45) is 0 Å². The van der Waals surface area contributed by atoms with Crippen molar-refractivity contribution in [3.05, 3.63) is 11.4 Å². The molecule has 1 heterocycles. The summed E-state index contributed by atoms with van der Waals surface area (Å²) in [5.41, 5.74) is 1.86. The predicted octanol–water partition coefficient (Wildman–Crippen LogP) is 2.49. The normalized spacial score (nSPS) is 10.5. The van der Waals surface area contributed by atoms with Gasteiger partial charge in [-0.05, 0) is 26.7 Å². The van der Waals surface area contributed by atoms with E-state index in [-0.39, 0.29) is 0 Å². The SMILES string of the molecule is Cc1nnc(N(C)CCCCCBr)nc1C. The van der Waals surface area contributed by atoms with E-state index in [1.807, 2.05) is 20.9 Å². The van der Waals surface area contributed by atoms with E-state index in [1.165, 1.54) is 19.3 Å². The summed E-state index contributed by atoms with van der Waals surface area (Å²) in [5, 5.41) is 9.26. The largest absolute Gasteiger partial charge is 0.343 e. The number of halogens is 1. The van der Waals surface area contributed by atoms with E-state index in [9.17, 15) is 0 Å². The van der Waals surface area contributed by atoms with E-state index in [1.54, 1.807) is 0 Å². The number of alkyl halides is 1. The van der Waals surface area contributed by atoms with Crippen LogP contribution in [0, 0.1) is 13.8 Å². The van der Waals surface area contributed by atoms with Gasteiger partial charge in [0.1, 0.15) is 0 Å². The van der Waals surface area contributed by atoms with Crippen molar-refractivity contribution in [3.63, 3.8) is 0 Å². The molecule has 1 rings (SSSR count). The Labute approximate surface area is 106 Å². The highest BCUT2D eigenvalue weighted by atomic mass is 79.9. The molecule has 90 valence electrons. The van der Waals surface area contributed by atoms with Gasteiger partial charge >= 0.3 is 0 Å². The molecule has 0 saturated carbocycles. The lowest BCUT2D eigenvalue weighted by atomic mass is 10.2. The van der Waals surface area contributed by atoms with Crippen LogP contribution in [0.5, 0.6) is 0 Å². The van der Waals surface area contributed by atoms with E-state index >= 15 is 0 Å². The van der Waals surface area contributed by atoms with Gasteiger partial charge in [0.15, 0.2) is 0 Å². The molecule has 0 saturated heterocycles. The topological polar surface area (TPSA) is 41.9 Å². The van der Waals surface area contributed by atoms with Gasteiger partial charge < -0.3 is 4.90 Å². The molecule has 0 bridgehead atoms. The molecule has 0 unspecified atom stereocenters. The average molecular weight is 287 g/mol. The fourth-order valence-electron chi connectivity index (χ4n) is 1.33. The molecule has 0 aliphatic carbocycles. The molecular weight excluding hydrogens is 268 g/mol. The quantitative estimate of drug-likeness (QED) is 0.595. The maximum atomic E-state index is 4.41. The standard InChI is InChI=1S/C11H19BrN4/c1-9-10(2)14-15-11(13-9)16(3)8-6-4-5-7-12/h4-8H2,1-3H3. The minimum Gasteiger partial charge on any atom is -0.343 e. The van der Waals surface area contributed by atoms with Crippen molar-refractivity contribution in [1.29, 1.82) is 0 Å². The molecule has 0 aliphatic heterocycles. The van der Waals surface area contributed by atoms with Crippen LogP contribution in [0.4, 0.5) is 5.95 Å². The van der Waals surface area contributed by atoms with Crippen LogP contribution in [0.2, 0.25) is 0 Å². The number of hydrogen-bond acceptors (Lipinski definition) is 4. The van der Waals surface area contributed by atoms with Gasteiger partial charge in [0.25, 0.3) is 0 Å². The first kappa shape index (κ1) is 13.4. The Morgan fingerprint density at radius 3 is 2.44 bits per heavy atom. The average Bonchev–Trinajstić information content (AvgIpc) is 2.28. The van der Waals surface area contributed by atoms with Crippen LogP contribution in [0.25, 0.3) is 0 Å². The van der Waals surface area contributed by atoms with Crippen LogP contribution in [0.3, 0.4) is 0 Å². The second kappa shape index (κ2) is 6.78. The van der Waals surface area contributed by atoms with Gasteiger partial charge in [-0.2, -0.15) is 5.10 Å². The molecule has 0 amide bonds. The van der Waals surface area contributed by atoms with E-state index in [4.69, 9.17) is 0 Å². The summed E-state index contributed by atoms with van der Waals surface area (Å²) < 4.78 is 0. The zero-order valence-electron chi connectivity index (χ0n) is 10.2. The van der Waals surface area contributed by atoms with Gasteiger partial charge in [-0.1, -0.05) is 22.4 Å². The van der Waals surface area contributed by atoms with E-state index in [0.717, 1.165) is 29.2 Å². The van der Waals surface area contributed by atoms with E-state index < -0.39 is 0 Å². The lowest BCUT2D eigenvalue weighted by Gasteiger charge is -2.16. The summed E-state index contributed by atoms with van der Waals surface area (Å²) in [5.74, 6) is 0.724. The van der Waals surface area contributed by atoms with Gasteiger partial charge in [-0.15, -0.1) is 5.10 Å². The molecular formula is C11H19BrN4. The Hall–Kier alpha value is -0.710. The van der Waals surface area contributed by atoms with Crippen LogP contribution < -0.4 is 4.90 Å². The molecule has 0 aromatic carbocycles. The van der Waals surface area contributed by atoms with Crippen LogP contribution in [-0.2, 0) is 0 Å². The lowest BCUT2D eigenvalue weighted by Crippen LogP contribution is -2.22. The van der Waals surface area contributed by atoms with Crippen molar-refractivity contribution < 1.29 is 0 Å². The molecule has 0 spiro atoms. The van der Waals surface area contributed by atoms with Crippen LogP contribution in [-0.4, -0.2) is 34.1 Å². The summed E-state index contributed by atoms with van der Waals surface area (Å²) in [7, 11) is 2.01. The molecule has 4 nitrogen and oxygen atoms in total. The minimum atomic E-state index is 0.724. The Balaban J connectivity index is 2.46. The molecule has 5 heteroatoms. The highest BCUT2D eigenvalue weighted by Crippen LogP contribution is 2.08. The Kier molecular flexibility index (Phi) is 5.66. The number of nitrogens with zero attached hydrogens (tertiary/aromatic N) is 4. The number of anilines is 1. The predicted molar refractivity (Wildman–Crippen MR) is 70.2 cm³/mol. The fourth-order valence-corrected chi connectivity index (χ4v) is 1.72. The minimum absolute atomic E-state index is 0.724. The van der Waals surface area contributed by atoms with Crippen molar-refractivity contribution in [2.75, 3.05) is 23.8 Å². The maximum Gasteiger partial charge on any atom is 0.245 e. The number of unbranched alkanes of at least 4 members (excludes halogenated alkanes) is 2. The first-order valence-electron chi connectivity index (χ1n) is 5.60. The number of aromatic nitrogens is 3. The van der Waals surface area contributed by atoms with Crippen LogP contribution >= 0.6 is 15.9 Å². The summed E-state index contributed by atoms with van der Waals surface area (Å²) in [6.07, 6.45) is 3.62. The van der Waals surface area contributed by atoms with Gasteiger partial charge in [0, 0.05) is 18.9 Å². The lowest BCUT2D eigenvalue weighted by molar-refractivity contribution is 0.693. The third kappa shape index (κ3) is 4.04. The second-order valence-electron chi connectivity index (χ2n) is 3.95. The number of rotatable bonds is 6. The summed E-state index contributed by atoms with van der Waals surface area (Å²) in [6, 6.07) is 0. The van der Waals surface area contributed by atoms with Crippen molar-refractivity contribution in [2.45, 2.75) is 33.1 Å². The first-order valence-corrected chi connectivity index (χ1v) is 6.72. The third-order valence-corrected chi connectivity index (χ3v) is 3.11. The molecule has 1 aromatic heterocycles.